The zero-order valence-corrected chi connectivity index (χ0v) is 13.9. The molecule has 3 amide bonds. The summed E-state index contributed by atoms with van der Waals surface area (Å²) in [5.74, 6) is -1.37. The van der Waals surface area contributed by atoms with Crippen LogP contribution in [0.1, 0.15) is 40.0 Å². The van der Waals surface area contributed by atoms with E-state index in [-0.39, 0.29) is 17.8 Å². The first-order valence-corrected chi connectivity index (χ1v) is 7.58. The first-order valence-electron chi connectivity index (χ1n) is 7.58. The summed E-state index contributed by atoms with van der Waals surface area (Å²) in [4.78, 5) is 34.9. The van der Waals surface area contributed by atoms with Crippen molar-refractivity contribution >= 4 is 23.7 Å². The molecule has 0 spiro atoms. The number of amides is 3. The predicted octanol–water partition coefficient (Wildman–Crippen LogP) is -1.23. The lowest BCUT2D eigenvalue weighted by Crippen LogP contribution is -2.53. The molecule has 0 aliphatic heterocycles. The van der Waals surface area contributed by atoms with Gasteiger partial charge < -0.3 is 27.4 Å². The van der Waals surface area contributed by atoms with E-state index >= 15 is 0 Å². The number of rotatable bonds is 10. The highest BCUT2D eigenvalue weighted by Gasteiger charge is 2.25. The van der Waals surface area contributed by atoms with Crippen molar-refractivity contribution in [2.45, 2.75) is 52.1 Å². The minimum atomic E-state index is -0.769. The van der Waals surface area contributed by atoms with E-state index in [0.29, 0.717) is 25.8 Å². The van der Waals surface area contributed by atoms with Gasteiger partial charge >= 0.3 is 0 Å². The standard InChI is InChI=1S/C14H28N6O3/c1-8(2)7-11(12(15)22)20-13(23)10(19-9(3)21)5-4-6-18-14(16)17/h8,10-11H,4-7H2,1-3H3,(H2,15,22)(H,19,21)(H,20,23)(H4,16,17,18)/t10-,11-/m0/s1. The molecule has 0 saturated carbocycles. The Morgan fingerprint density at radius 1 is 1.09 bits per heavy atom. The number of hydrogen-bond acceptors (Lipinski definition) is 4. The monoisotopic (exact) mass is 328 g/mol. The van der Waals surface area contributed by atoms with E-state index < -0.39 is 23.9 Å². The van der Waals surface area contributed by atoms with Gasteiger partial charge in [0.05, 0.1) is 0 Å². The van der Waals surface area contributed by atoms with Gasteiger partial charge in [-0.2, -0.15) is 0 Å². The van der Waals surface area contributed by atoms with Crippen molar-refractivity contribution in [3.8, 4) is 0 Å². The molecular formula is C14H28N6O3. The van der Waals surface area contributed by atoms with Crippen molar-refractivity contribution in [2.75, 3.05) is 6.54 Å². The van der Waals surface area contributed by atoms with Crippen molar-refractivity contribution in [3.05, 3.63) is 0 Å². The van der Waals surface area contributed by atoms with Gasteiger partial charge in [0.2, 0.25) is 17.7 Å². The normalized spacial score (nSPS) is 13.0. The van der Waals surface area contributed by atoms with Crippen LogP contribution in [0.5, 0.6) is 0 Å². The number of nitrogens with two attached hydrogens (primary N) is 2. The Kier molecular flexibility index (Phi) is 9.36. The lowest BCUT2D eigenvalue weighted by molar-refractivity contribution is -0.131. The molecule has 9 nitrogen and oxygen atoms in total. The third-order valence-corrected chi connectivity index (χ3v) is 3.05. The van der Waals surface area contributed by atoms with Crippen LogP contribution in [0.15, 0.2) is 0 Å². The van der Waals surface area contributed by atoms with Crippen LogP contribution in [0, 0.1) is 11.3 Å². The smallest absolute Gasteiger partial charge is 0.243 e. The van der Waals surface area contributed by atoms with Crippen LogP contribution in [-0.4, -0.2) is 42.3 Å². The molecule has 0 bridgehead atoms. The average Bonchev–Trinajstić information content (AvgIpc) is 2.39. The van der Waals surface area contributed by atoms with Crippen LogP contribution in [0.25, 0.3) is 0 Å². The fourth-order valence-corrected chi connectivity index (χ4v) is 2.03. The Morgan fingerprint density at radius 3 is 2.13 bits per heavy atom. The van der Waals surface area contributed by atoms with Crippen molar-refractivity contribution in [1.82, 2.24) is 16.0 Å². The minimum Gasteiger partial charge on any atom is -0.370 e. The van der Waals surface area contributed by atoms with Gasteiger partial charge in [-0.1, -0.05) is 13.8 Å². The fraction of sp³-hybridized carbons (Fsp3) is 0.714. The highest BCUT2D eigenvalue weighted by atomic mass is 16.2. The van der Waals surface area contributed by atoms with Gasteiger partial charge in [0.1, 0.15) is 12.1 Å². The van der Waals surface area contributed by atoms with E-state index in [1.807, 2.05) is 13.8 Å². The second-order valence-corrected chi connectivity index (χ2v) is 5.83. The summed E-state index contributed by atoms with van der Waals surface area (Å²) >= 11 is 0. The Hall–Kier alpha value is -2.32. The average molecular weight is 328 g/mol. The summed E-state index contributed by atoms with van der Waals surface area (Å²) in [6.45, 7) is 5.55. The van der Waals surface area contributed by atoms with E-state index in [1.54, 1.807) is 0 Å². The molecule has 0 unspecified atom stereocenters. The van der Waals surface area contributed by atoms with Crippen LogP contribution >= 0.6 is 0 Å². The second kappa shape index (κ2) is 10.4. The highest BCUT2D eigenvalue weighted by molar-refractivity contribution is 5.91. The zero-order valence-electron chi connectivity index (χ0n) is 13.9. The van der Waals surface area contributed by atoms with Crippen molar-refractivity contribution < 1.29 is 14.4 Å². The summed E-state index contributed by atoms with van der Waals surface area (Å²) in [6, 6.07) is -1.54. The third kappa shape index (κ3) is 10.1. The van der Waals surface area contributed by atoms with Gasteiger partial charge in [-0.15, -0.1) is 0 Å². The maximum absolute atomic E-state index is 12.3. The van der Waals surface area contributed by atoms with Crippen LogP contribution in [-0.2, 0) is 14.4 Å². The van der Waals surface area contributed by atoms with E-state index in [0.717, 1.165) is 0 Å². The molecule has 0 aromatic carbocycles. The molecule has 0 saturated heterocycles. The zero-order chi connectivity index (χ0) is 18.0. The lowest BCUT2D eigenvalue weighted by atomic mass is 10.0. The Morgan fingerprint density at radius 2 is 1.70 bits per heavy atom. The molecule has 0 fully saturated rings. The van der Waals surface area contributed by atoms with Gasteiger partial charge in [0.25, 0.3) is 0 Å². The van der Waals surface area contributed by atoms with Crippen LogP contribution in [0.3, 0.4) is 0 Å². The molecule has 0 radical (unpaired) electrons. The van der Waals surface area contributed by atoms with E-state index in [4.69, 9.17) is 16.9 Å². The minimum absolute atomic E-state index is 0.156. The molecule has 0 aliphatic carbocycles. The summed E-state index contributed by atoms with van der Waals surface area (Å²) < 4.78 is 0. The van der Waals surface area contributed by atoms with Crippen molar-refractivity contribution in [1.29, 1.82) is 5.41 Å². The largest absolute Gasteiger partial charge is 0.370 e. The maximum atomic E-state index is 12.3. The van der Waals surface area contributed by atoms with Crippen molar-refractivity contribution in [3.63, 3.8) is 0 Å². The van der Waals surface area contributed by atoms with Gasteiger partial charge in [0, 0.05) is 13.5 Å². The number of nitrogens with one attached hydrogen (secondary N) is 4. The maximum Gasteiger partial charge on any atom is 0.243 e. The van der Waals surface area contributed by atoms with Crippen LogP contribution in [0.4, 0.5) is 0 Å². The van der Waals surface area contributed by atoms with E-state index in [2.05, 4.69) is 16.0 Å². The second-order valence-electron chi connectivity index (χ2n) is 5.83. The molecule has 23 heavy (non-hydrogen) atoms. The summed E-state index contributed by atoms with van der Waals surface area (Å²) in [6.07, 6.45) is 1.29. The van der Waals surface area contributed by atoms with Crippen LogP contribution < -0.4 is 27.4 Å². The van der Waals surface area contributed by atoms with Crippen LogP contribution in [0.2, 0.25) is 0 Å². The number of carbonyl (C=O) groups excluding carboxylic acids is 3. The third-order valence-electron chi connectivity index (χ3n) is 3.05. The molecule has 0 aromatic heterocycles. The lowest BCUT2D eigenvalue weighted by Gasteiger charge is -2.22. The molecule has 9 heteroatoms. The topological polar surface area (TPSA) is 163 Å². The number of guanidine groups is 1. The number of primary amides is 1. The van der Waals surface area contributed by atoms with Gasteiger partial charge in [-0.05, 0) is 25.2 Å². The number of carbonyl (C=O) groups is 3. The highest BCUT2D eigenvalue weighted by Crippen LogP contribution is 2.06. The van der Waals surface area contributed by atoms with Gasteiger partial charge in [-0.3, -0.25) is 19.8 Å². The van der Waals surface area contributed by atoms with Gasteiger partial charge in [-0.25, -0.2) is 0 Å². The fourth-order valence-electron chi connectivity index (χ4n) is 2.03. The summed E-state index contributed by atoms with van der Waals surface area (Å²) in [5.41, 5.74) is 10.5. The quantitative estimate of drug-likeness (QED) is 0.168. The molecule has 0 heterocycles. The summed E-state index contributed by atoms with van der Waals surface area (Å²) in [7, 11) is 0. The molecule has 8 N–H and O–H groups in total. The SMILES string of the molecule is CC(=O)N[C@@H](CCCNC(=N)N)C(=O)N[C@@H](CC(C)C)C(N)=O. The molecule has 132 valence electrons. The summed E-state index contributed by atoms with van der Waals surface area (Å²) in [5, 5.41) is 14.8. The molecule has 0 aliphatic rings. The first-order chi connectivity index (χ1) is 10.6. The first kappa shape index (κ1) is 20.7. The Labute approximate surface area is 136 Å². The Bertz CT molecular complexity index is 438. The molecule has 0 rings (SSSR count). The van der Waals surface area contributed by atoms with E-state index in [1.165, 1.54) is 6.92 Å². The van der Waals surface area contributed by atoms with E-state index in [9.17, 15) is 14.4 Å². The van der Waals surface area contributed by atoms with Crippen molar-refractivity contribution in [2.24, 2.45) is 17.4 Å². The molecular weight excluding hydrogens is 300 g/mol. The predicted molar refractivity (Wildman–Crippen MR) is 87.3 cm³/mol. The number of hydrogen-bond donors (Lipinski definition) is 6. The Balaban J connectivity index is 4.67. The molecule has 0 aromatic rings. The molecule has 2 atom stereocenters. The van der Waals surface area contributed by atoms with Gasteiger partial charge in [0.15, 0.2) is 5.96 Å².